The molecule has 0 atom stereocenters. The quantitative estimate of drug-likeness (QED) is 0.358. The van der Waals surface area contributed by atoms with Crippen LogP contribution in [-0.4, -0.2) is 8.07 Å². The van der Waals surface area contributed by atoms with Gasteiger partial charge in [-0.1, -0.05) is 33.5 Å². The zero-order chi connectivity index (χ0) is 7.49. The van der Waals surface area contributed by atoms with E-state index in [2.05, 4.69) is 45.0 Å². The molecule has 0 nitrogen and oxygen atoms in total. The lowest BCUT2D eigenvalue weighted by molar-refractivity contribution is 0.867. The van der Waals surface area contributed by atoms with Crippen LogP contribution in [0.2, 0.25) is 19.6 Å². The molecule has 0 spiro atoms. The van der Waals surface area contributed by atoms with Crippen molar-refractivity contribution in [1.82, 2.24) is 0 Å². The molecule has 0 aliphatic heterocycles. The highest BCUT2D eigenvalue weighted by Crippen LogP contribution is 1.97. The number of hydrogen-bond donors (Lipinski definition) is 0. The van der Waals surface area contributed by atoms with Gasteiger partial charge in [0.2, 0.25) is 0 Å². The van der Waals surface area contributed by atoms with Crippen LogP contribution in [0.5, 0.6) is 0 Å². The molecule has 0 aromatic heterocycles. The second-order valence-corrected chi connectivity index (χ2v) is 8.42. The second-order valence-electron chi connectivity index (χ2n) is 3.67. The van der Waals surface area contributed by atoms with E-state index in [0.717, 1.165) is 0 Å². The maximum absolute atomic E-state index is 3.31. The lowest BCUT2D eigenvalue weighted by Crippen LogP contribution is -2.16. The van der Waals surface area contributed by atoms with Gasteiger partial charge in [-0.05, 0) is 0 Å². The van der Waals surface area contributed by atoms with E-state index in [1.165, 1.54) is 0 Å². The molecule has 0 N–H and O–H groups in total. The zero-order valence-corrected chi connectivity index (χ0v) is 8.08. The Morgan fingerprint density at radius 3 is 1.67 bits per heavy atom. The number of rotatable bonds is 0. The van der Waals surface area contributed by atoms with Gasteiger partial charge in [0.15, 0.2) is 0 Å². The first-order valence-electron chi connectivity index (χ1n) is 3.44. The minimum absolute atomic E-state index is 0.539. The number of hydrogen-bond acceptors (Lipinski definition) is 0. The van der Waals surface area contributed by atoms with Gasteiger partial charge in [-0.25, -0.2) is 0 Å². The fraction of sp³-hybridized carbons (Fsp3) is 0.750. The highest BCUT2D eigenvalue weighted by molar-refractivity contribution is 6.83. The SMILES string of the molecule is CC(C)C#C[Si](C)(C)C. The maximum Gasteiger partial charge on any atom is 0.129 e. The van der Waals surface area contributed by atoms with Crippen LogP contribution in [0.15, 0.2) is 0 Å². The van der Waals surface area contributed by atoms with Crippen LogP contribution in [0, 0.1) is 17.4 Å². The molecule has 0 saturated carbocycles. The molecule has 1 heteroatoms. The van der Waals surface area contributed by atoms with Gasteiger partial charge in [-0.3, -0.25) is 0 Å². The van der Waals surface area contributed by atoms with Crippen LogP contribution in [0.4, 0.5) is 0 Å². The average Bonchev–Trinajstić information content (AvgIpc) is 1.59. The third-order valence-corrected chi connectivity index (χ3v) is 1.63. The molecule has 9 heavy (non-hydrogen) atoms. The van der Waals surface area contributed by atoms with Gasteiger partial charge < -0.3 is 0 Å². The zero-order valence-electron chi connectivity index (χ0n) is 7.08. The molecule has 0 bridgehead atoms. The molecule has 0 unspecified atom stereocenters. The van der Waals surface area contributed by atoms with Gasteiger partial charge in [0, 0.05) is 5.92 Å². The third-order valence-electron chi connectivity index (χ3n) is 0.736. The van der Waals surface area contributed by atoms with E-state index in [-0.39, 0.29) is 0 Å². The molecule has 0 aliphatic carbocycles. The van der Waals surface area contributed by atoms with Crippen LogP contribution >= 0.6 is 0 Å². The predicted molar refractivity (Wildman–Crippen MR) is 46.0 cm³/mol. The molecule has 0 aromatic carbocycles. The lowest BCUT2D eigenvalue weighted by Gasteiger charge is -2.03. The molecule has 0 saturated heterocycles. The molecular weight excluding hydrogens is 124 g/mol. The summed E-state index contributed by atoms with van der Waals surface area (Å²) in [5, 5.41) is 0. The molecule has 0 amide bonds. The van der Waals surface area contributed by atoms with Crippen LogP contribution in [0.3, 0.4) is 0 Å². The molecular formula is C8H16Si. The van der Waals surface area contributed by atoms with E-state index in [1.54, 1.807) is 0 Å². The Bertz CT molecular complexity index is 129. The van der Waals surface area contributed by atoms with Gasteiger partial charge >= 0.3 is 0 Å². The monoisotopic (exact) mass is 140 g/mol. The van der Waals surface area contributed by atoms with E-state index in [4.69, 9.17) is 0 Å². The van der Waals surface area contributed by atoms with Crippen LogP contribution in [0.25, 0.3) is 0 Å². The summed E-state index contributed by atoms with van der Waals surface area (Å²) < 4.78 is 0. The highest BCUT2D eigenvalue weighted by Gasteiger charge is 2.07. The fourth-order valence-electron chi connectivity index (χ4n) is 0.361. The lowest BCUT2D eigenvalue weighted by atomic mass is 10.2. The van der Waals surface area contributed by atoms with E-state index in [1.807, 2.05) is 0 Å². The van der Waals surface area contributed by atoms with Crippen molar-refractivity contribution in [1.29, 1.82) is 0 Å². The minimum Gasteiger partial charge on any atom is -0.132 e. The normalized spacial score (nSPS) is 10.9. The summed E-state index contributed by atoms with van der Waals surface area (Å²) in [5.74, 6) is 3.74. The smallest absolute Gasteiger partial charge is 0.129 e. The summed E-state index contributed by atoms with van der Waals surface area (Å²) in [7, 11) is -1.08. The van der Waals surface area contributed by atoms with E-state index in [0.29, 0.717) is 5.92 Å². The highest BCUT2D eigenvalue weighted by atomic mass is 28.3. The van der Waals surface area contributed by atoms with Crippen molar-refractivity contribution < 1.29 is 0 Å². The summed E-state index contributed by atoms with van der Waals surface area (Å²) in [6, 6.07) is 0. The van der Waals surface area contributed by atoms with Gasteiger partial charge in [-0.2, -0.15) is 0 Å². The van der Waals surface area contributed by atoms with Gasteiger partial charge in [-0.15, -0.1) is 11.5 Å². The van der Waals surface area contributed by atoms with Crippen LogP contribution < -0.4 is 0 Å². The van der Waals surface area contributed by atoms with Crippen molar-refractivity contribution >= 4 is 8.07 Å². The Morgan fingerprint density at radius 1 is 1.11 bits per heavy atom. The van der Waals surface area contributed by atoms with Crippen LogP contribution in [0.1, 0.15) is 13.8 Å². The Hall–Kier alpha value is -0.223. The Kier molecular flexibility index (Phi) is 3.00. The molecule has 0 heterocycles. The Balaban J connectivity index is 3.88. The largest absolute Gasteiger partial charge is 0.132 e. The van der Waals surface area contributed by atoms with E-state index >= 15 is 0 Å². The molecule has 0 rings (SSSR count). The molecule has 52 valence electrons. The van der Waals surface area contributed by atoms with Crippen molar-refractivity contribution in [3.8, 4) is 11.5 Å². The van der Waals surface area contributed by atoms with Gasteiger partial charge in [0.1, 0.15) is 8.07 Å². The van der Waals surface area contributed by atoms with Gasteiger partial charge in [0.25, 0.3) is 0 Å². The standard InChI is InChI=1S/C8H16Si/c1-8(2)6-7-9(3,4)5/h8H,1-5H3. The Morgan fingerprint density at radius 2 is 1.56 bits per heavy atom. The topological polar surface area (TPSA) is 0 Å². The summed E-state index contributed by atoms with van der Waals surface area (Å²) in [6.07, 6.45) is 0. The second kappa shape index (κ2) is 3.08. The summed E-state index contributed by atoms with van der Waals surface area (Å²) in [4.78, 5) is 0. The van der Waals surface area contributed by atoms with Crippen molar-refractivity contribution in [3.05, 3.63) is 0 Å². The third kappa shape index (κ3) is 7.78. The summed E-state index contributed by atoms with van der Waals surface area (Å²) in [6.45, 7) is 11.1. The summed E-state index contributed by atoms with van der Waals surface area (Å²) >= 11 is 0. The minimum atomic E-state index is -1.08. The molecule has 0 aliphatic rings. The van der Waals surface area contributed by atoms with E-state index < -0.39 is 8.07 Å². The molecule has 0 radical (unpaired) electrons. The first kappa shape index (κ1) is 8.78. The first-order valence-corrected chi connectivity index (χ1v) is 6.94. The summed E-state index contributed by atoms with van der Waals surface area (Å²) in [5.41, 5.74) is 3.31. The fourth-order valence-corrected chi connectivity index (χ4v) is 1.08. The van der Waals surface area contributed by atoms with Crippen molar-refractivity contribution in [2.75, 3.05) is 0 Å². The van der Waals surface area contributed by atoms with Crippen LogP contribution in [-0.2, 0) is 0 Å². The maximum atomic E-state index is 3.31. The Labute approximate surface area is 59.7 Å². The van der Waals surface area contributed by atoms with Gasteiger partial charge in [0.05, 0.1) is 0 Å². The van der Waals surface area contributed by atoms with Crippen molar-refractivity contribution in [2.24, 2.45) is 5.92 Å². The first-order chi connectivity index (χ1) is 3.92. The molecule has 0 fully saturated rings. The van der Waals surface area contributed by atoms with Crippen molar-refractivity contribution in [2.45, 2.75) is 33.5 Å². The average molecular weight is 140 g/mol. The molecule has 0 aromatic rings. The predicted octanol–water partition coefficient (Wildman–Crippen LogP) is 2.52. The van der Waals surface area contributed by atoms with E-state index in [9.17, 15) is 0 Å². The van der Waals surface area contributed by atoms with Crippen molar-refractivity contribution in [3.63, 3.8) is 0 Å².